The fourth-order valence-corrected chi connectivity index (χ4v) is 5.74. The van der Waals surface area contributed by atoms with E-state index >= 15 is 0 Å². The smallest absolute Gasteiger partial charge is 0.331 e. The van der Waals surface area contributed by atoms with Crippen molar-refractivity contribution in [3.63, 3.8) is 0 Å². The van der Waals surface area contributed by atoms with Crippen molar-refractivity contribution in [2.24, 2.45) is 0 Å². The third kappa shape index (κ3) is 4.63. The molecule has 0 bridgehead atoms. The van der Waals surface area contributed by atoms with Gasteiger partial charge in [0.2, 0.25) is 11.8 Å². The number of hydrogen-bond donors (Lipinski definition) is 3. The molecule has 12 heteroatoms. The molecule has 0 aliphatic carbocycles. The Morgan fingerprint density at radius 3 is 2.67 bits per heavy atom. The van der Waals surface area contributed by atoms with E-state index in [1.54, 1.807) is 24.5 Å². The second-order valence-electron chi connectivity index (χ2n) is 9.24. The Kier molecular flexibility index (Phi) is 6.62. The largest absolute Gasteiger partial charge is 0.439 e. The topological polar surface area (TPSA) is 135 Å². The highest BCUT2D eigenvalue weighted by Gasteiger charge is 2.36. The van der Waals surface area contributed by atoms with Gasteiger partial charge in [-0.3, -0.25) is 14.5 Å². The van der Waals surface area contributed by atoms with Gasteiger partial charge >= 0.3 is 6.03 Å². The number of rotatable bonds is 7. The van der Waals surface area contributed by atoms with Crippen LogP contribution in [-0.4, -0.2) is 53.1 Å². The lowest BCUT2D eigenvalue weighted by molar-refractivity contribution is -0.117. The van der Waals surface area contributed by atoms with E-state index in [-0.39, 0.29) is 19.1 Å². The first-order valence-corrected chi connectivity index (χ1v) is 13.3. The minimum atomic E-state index is -0.442. The number of para-hydroxylation sites is 1. The number of urea groups is 1. The molecule has 5 heterocycles. The Morgan fingerprint density at radius 1 is 1.15 bits per heavy atom. The minimum Gasteiger partial charge on any atom is -0.439 e. The summed E-state index contributed by atoms with van der Waals surface area (Å²) in [4.78, 5) is 49.9. The lowest BCUT2D eigenvalue weighted by Crippen LogP contribution is -2.50. The molecular formula is C28H24N6O5S. The molecule has 1 fully saturated rings. The number of nitrogens with zero attached hydrogens (tertiary/aromatic N) is 3. The van der Waals surface area contributed by atoms with Crippen molar-refractivity contribution in [2.75, 3.05) is 23.4 Å². The first-order chi connectivity index (χ1) is 19.4. The molecule has 4 amide bonds. The highest BCUT2D eigenvalue weighted by atomic mass is 32.1. The van der Waals surface area contributed by atoms with Crippen LogP contribution in [0.3, 0.4) is 0 Å². The minimum absolute atomic E-state index is 0.244. The molecule has 0 saturated carbocycles. The maximum atomic E-state index is 13.5. The number of benzene rings is 1. The van der Waals surface area contributed by atoms with Crippen molar-refractivity contribution in [3.05, 3.63) is 78.0 Å². The van der Waals surface area contributed by atoms with E-state index in [4.69, 9.17) is 9.47 Å². The molecule has 3 N–H and O–H groups in total. The van der Waals surface area contributed by atoms with Gasteiger partial charge in [0.25, 0.3) is 5.91 Å². The first kappa shape index (κ1) is 25.5. The fraction of sp³-hybridized carbons (Fsp3) is 0.179. The molecular weight excluding hydrogens is 532 g/mol. The predicted octanol–water partition coefficient (Wildman–Crippen LogP) is 4.28. The Hall–Kier alpha value is -4.81. The summed E-state index contributed by atoms with van der Waals surface area (Å²) in [6, 6.07) is 11.5. The van der Waals surface area contributed by atoms with Crippen LogP contribution in [0.25, 0.3) is 10.2 Å². The van der Waals surface area contributed by atoms with Gasteiger partial charge in [0, 0.05) is 12.3 Å². The molecule has 40 heavy (non-hydrogen) atoms. The van der Waals surface area contributed by atoms with Crippen LogP contribution in [-0.2, 0) is 9.53 Å². The van der Waals surface area contributed by atoms with Crippen molar-refractivity contribution in [3.8, 4) is 11.6 Å². The number of ether oxygens (including phenoxy) is 2. The second kappa shape index (κ2) is 10.4. The molecule has 2 unspecified atom stereocenters. The molecule has 1 saturated heterocycles. The maximum Gasteiger partial charge on any atom is 0.331 e. The summed E-state index contributed by atoms with van der Waals surface area (Å²) in [5, 5.41) is 9.23. The summed E-state index contributed by atoms with van der Waals surface area (Å²) < 4.78 is 11.3. The molecule has 2 atom stereocenters. The van der Waals surface area contributed by atoms with Crippen molar-refractivity contribution >= 4 is 56.5 Å². The molecule has 4 aromatic rings. The van der Waals surface area contributed by atoms with E-state index in [1.807, 2.05) is 37.3 Å². The van der Waals surface area contributed by atoms with Crippen molar-refractivity contribution < 1.29 is 23.9 Å². The van der Waals surface area contributed by atoms with Gasteiger partial charge in [0.05, 0.1) is 53.9 Å². The van der Waals surface area contributed by atoms with Gasteiger partial charge in [-0.1, -0.05) is 24.8 Å². The molecule has 6 rings (SSSR count). The van der Waals surface area contributed by atoms with Crippen LogP contribution in [0.2, 0.25) is 0 Å². The summed E-state index contributed by atoms with van der Waals surface area (Å²) in [6.07, 6.45) is 4.36. The monoisotopic (exact) mass is 556 g/mol. The molecule has 0 radical (unpaired) electrons. The van der Waals surface area contributed by atoms with E-state index in [0.29, 0.717) is 43.8 Å². The number of aromatic nitrogens is 2. The standard InChI is InChI=1S/C28H24N6O5S/c1-3-21(35)31-17-13-38-14-18(17)32-26(36)25-24-23-19(9-10-29-27(23)40-25)34(28(37)33-24)20-12-30-22(11-15(20)2)39-16-7-5-4-6-8-16/h3-12,17-18H,1,13-14H2,2H3,(H,31,35)(H,32,36)(H,33,37). The van der Waals surface area contributed by atoms with Gasteiger partial charge in [-0.25, -0.2) is 14.8 Å². The fourth-order valence-electron chi connectivity index (χ4n) is 4.72. The quantitative estimate of drug-likeness (QED) is 0.289. The predicted molar refractivity (Wildman–Crippen MR) is 150 cm³/mol. The van der Waals surface area contributed by atoms with E-state index < -0.39 is 24.0 Å². The van der Waals surface area contributed by atoms with E-state index in [1.165, 1.54) is 22.3 Å². The van der Waals surface area contributed by atoms with Crippen LogP contribution in [0.4, 0.5) is 21.9 Å². The number of thiophene rings is 1. The summed E-state index contributed by atoms with van der Waals surface area (Å²) in [6.45, 7) is 5.84. The van der Waals surface area contributed by atoms with Crippen LogP contribution >= 0.6 is 11.3 Å². The van der Waals surface area contributed by atoms with Gasteiger partial charge in [-0.2, -0.15) is 0 Å². The van der Waals surface area contributed by atoms with Gasteiger partial charge in [-0.15, -0.1) is 11.3 Å². The summed E-state index contributed by atoms with van der Waals surface area (Å²) >= 11 is 1.18. The maximum absolute atomic E-state index is 13.5. The van der Waals surface area contributed by atoms with Crippen LogP contribution in [0.15, 0.2) is 67.5 Å². The van der Waals surface area contributed by atoms with Gasteiger partial charge < -0.3 is 25.4 Å². The zero-order valence-electron chi connectivity index (χ0n) is 21.3. The first-order valence-electron chi connectivity index (χ1n) is 12.5. The average molecular weight is 557 g/mol. The van der Waals surface area contributed by atoms with Crippen molar-refractivity contribution in [1.29, 1.82) is 0 Å². The molecule has 2 aliphatic rings. The number of carbonyl (C=O) groups is 3. The third-order valence-electron chi connectivity index (χ3n) is 6.63. The number of aryl methyl sites for hydroxylation is 1. The number of amides is 4. The van der Waals surface area contributed by atoms with Crippen LogP contribution in [0.1, 0.15) is 15.2 Å². The second-order valence-corrected chi connectivity index (χ2v) is 10.2. The summed E-state index contributed by atoms with van der Waals surface area (Å²) in [5.74, 6) is 0.308. The molecule has 11 nitrogen and oxygen atoms in total. The lowest BCUT2D eigenvalue weighted by Gasteiger charge is -2.29. The van der Waals surface area contributed by atoms with Gasteiger partial charge in [-0.05, 0) is 36.8 Å². The normalized spacial score (nSPS) is 17.8. The summed E-state index contributed by atoms with van der Waals surface area (Å²) in [7, 11) is 0. The van der Waals surface area contributed by atoms with Gasteiger partial charge in [0.15, 0.2) is 0 Å². The number of anilines is 3. The van der Waals surface area contributed by atoms with E-state index in [0.717, 1.165) is 5.56 Å². The zero-order chi connectivity index (χ0) is 27.8. The summed E-state index contributed by atoms with van der Waals surface area (Å²) in [5.41, 5.74) is 2.31. The van der Waals surface area contributed by atoms with Crippen molar-refractivity contribution in [2.45, 2.75) is 19.0 Å². The Labute approximate surface area is 232 Å². The van der Waals surface area contributed by atoms with Crippen molar-refractivity contribution in [1.82, 2.24) is 20.6 Å². The number of carbonyl (C=O) groups excluding carboxylic acids is 3. The Balaban J connectivity index is 1.30. The lowest BCUT2D eigenvalue weighted by atomic mass is 10.1. The number of hydrogen-bond acceptors (Lipinski definition) is 8. The van der Waals surface area contributed by atoms with E-state index in [9.17, 15) is 14.4 Å². The van der Waals surface area contributed by atoms with Crippen LogP contribution in [0.5, 0.6) is 11.6 Å². The third-order valence-corrected chi connectivity index (χ3v) is 7.72. The highest BCUT2D eigenvalue weighted by molar-refractivity contribution is 7.21. The van der Waals surface area contributed by atoms with E-state index in [2.05, 4.69) is 32.5 Å². The zero-order valence-corrected chi connectivity index (χ0v) is 22.2. The molecule has 3 aromatic heterocycles. The Morgan fingerprint density at radius 2 is 1.93 bits per heavy atom. The molecule has 1 aromatic carbocycles. The SMILES string of the molecule is C=CC(=O)NC1COCC1NC(=O)c1sc2nccc3c2c1NC(=O)N3c1cnc(Oc2ccccc2)cc1C. The van der Waals surface area contributed by atoms with Crippen LogP contribution in [0, 0.1) is 6.92 Å². The molecule has 0 spiro atoms. The Bertz CT molecular complexity index is 1660. The average Bonchev–Trinajstić information content (AvgIpc) is 3.55. The number of nitrogens with one attached hydrogen (secondary N) is 3. The molecule has 202 valence electrons. The highest BCUT2D eigenvalue weighted by Crippen LogP contribution is 2.46. The molecule has 2 aliphatic heterocycles. The van der Waals surface area contributed by atoms with Gasteiger partial charge in [0.1, 0.15) is 15.5 Å². The number of pyridine rings is 2. The van der Waals surface area contributed by atoms with Crippen LogP contribution < -0.4 is 25.6 Å².